The Morgan fingerprint density at radius 2 is 2.00 bits per heavy atom. The Labute approximate surface area is 98.0 Å². The first-order valence-corrected chi connectivity index (χ1v) is 4.70. The largest absolute Gasteiger partial charge is 0.534 e. The zero-order valence-corrected chi connectivity index (χ0v) is 9.33. The molecule has 1 rings (SSSR count). The van der Waals surface area contributed by atoms with Gasteiger partial charge in [-0.15, -0.1) is 0 Å². The van der Waals surface area contributed by atoms with Crippen LogP contribution in [0.25, 0.3) is 0 Å². The van der Waals surface area contributed by atoms with Crippen molar-refractivity contribution >= 4 is 34.7 Å². The maximum absolute atomic E-state index is 10.8. The molecule has 0 saturated carbocycles. The molecular formula is C7H5IN2O5. The Bertz CT molecular complexity index is 366. The smallest absolute Gasteiger partial charge is 0.394 e. The molecule has 1 aromatic rings. The molecule has 0 spiro atoms. The molecule has 1 aromatic carbocycles. The number of halogens is 1. The number of hydrogen-bond donors (Lipinski definition) is 1. The van der Waals surface area contributed by atoms with Gasteiger partial charge in [-0.1, -0.05) is 3.69 Å². The number of carbonyl (C=O) groups excluding carboxylic acids is 1. The molecule has 0 saturated heterocycles. The molecule has 0 heterocycles. The first-order chi connectivity index (χ1) is 7.13. The minimum Gasteiger partial charge on any atom is -0.394 e. The Hall–Kier alpha value is -1.42. The van der Waals surface area contributed by atoms with Crippen LogP contribution in [-0.4, -0.2) is 11.1 Å². The van der Waals surface area contributed by atoms with E-state index in [1.807, 2.05) is 0 Å². The van der Waals surface area contributed by atoms with Gasteiger partial charge in [0.25, 0.3) is 5.69 Å². The van der Waals surface area contributed by atoms with E-state index in [1.165, 1.54) is 24.3 Å². The number of benzene rings is 1. The third kappa shape index (κ3) is 3.67. The van der Waals surface area contributed by atoms with Crippen LogP contribution in [0, 0.1) is 10.1 Å². The van der Waals surface area contributed by atoms with Gasteiger partial charge in [-0.05, 0) is 12.1 Å². The molecule has 0 aromatic heterocycles. The predicted molar refractivity (Wildman–Crippen MR) is 57.4 cm³/mol. The molecule has 8 heteroatoms. The van der Waals surface area contributed by atoms with Crippen LogP contribution in [-0.2, 0) is 4.84 Å². The second-order valence-corrected chi connectivity index (χ2v) is 2.72. The Kier molecular flexibility index (Phi) is 4.24. The SMILES string of the molecule is O=C(ONI)Oc1ccc([N+](=O)[O-])cc1. The van der Waals surface area contributed by atoms with Crippen molar-refractivity contribution in [2.45, 2.75) is 0 Å². The van der Waals surface area contributed by atoms with Crippen LogP contribution in [0.3, 0.4) is 0 Å². The van der Waals surface area contributed by atoms with E-state index >= 15 is 0 Å². The fraction of sp³-hybridized carbons (Fsp3) is 0. The molecule has 7 nitrogen and oxygen atoms in total. The normalized spacial score (nSPS) is 9.40. The average molecular weight is 324 g/mol. The van der Waals surface area contributed by atoms with Crippen LogP contribution in [0.5, 0.6) is 5.75 Å². The van der Waals surface area contributed by atoms with Gasteiger partial charge in [-0.2, -0.15) is 0 Å². The average Bonchev–Trinajstić information content (AvgIpc) is 2.18. The highest BCUT2D eigenvalue weighted by Crippen LogP contribution is 2.17. The van der Waals surface area contributed by atoms with Gasteiger partial charge in [0.2, 0.25) is 0 Å². The van der Waals surface area contributed by atoms with Crippen molar-refractivity contribution in [3.05, 3.63) is 34.4 Å². The number of carbonyl (C=O) groups is 1. The third-order valence-corrected chi connectivity index (χ3v) is 1.59. The summed E-state index contributed by atoms with van der Waals surface area (Å²) in [6.07, 6.45) is -0.946. The summed E-state index contributed by atoms with van der Waals surface area (Å²) in [6.45, 7) is 0. The Morgan fingerprint density at radius 1 is 1.40 bits per heavy atom. The number of nitrogens with zero attached hydrogens (tertiary/aromatic N) is 1. The van der Waals surface area contributed by atoms with E-state index in [0.717, 1.165) is 0 Å². The summed E-state index contributed by atoms with van der Waals surface area (Å²) in [7, 11) is 0. The predicted octanol–water partition coefficient (Wildman–Crippen LogP) is 1.96. The molecule has 0 fully saturated rings. The van der Waals surface area contributed by atoms with Gasteiger partial charge in [-0.25, -0.2) is 4.79 Å². The van der Waals surface area contributed by atoms with Crippen molar-refractivity contribution in [2.75, 3.05) is 0 Å². The number of nitro benzene ring substituents is 1. The molecule has 0 atom stereocenters. The fourth-order valence-corrected chi connectivity index (χ4v) is 0.964. The number of non-ortho nitro benzene ring substituents is 1. The van der Waals surface area contributed by atoms with Crippen LogP contribution < -0.4 is 8.43 Å². The van der Waals surface area contributed by atoms with Gasteiger partial charge >= 0.3 is 6.16 Å². The quantitative estimate of drug-likeness (QED) is 0.228. The highest BCUT2D eigenvalue weighted by molar-refractivity contribution is 14.1. The van der Waals surface area contributed by atoms with Gasteiger partial charge in [-0.3, -0.25) is 10.1 Å². The molecule has 0 aliphatic heterocycles. The summed E-state index contributed by atoms with van der Waals surface area (Å²) in [5.41, 5.74) is -0.0808. The van der Waals surface area contributed by atoms with Crippen molar-refractivity contribution in [2.24, 2.45) is 0 Å². The third-order valence-electron chi connectivity index (χ3n) is 1.37. The van der Waals surface area contributed by atoms with Crippen molar-refractivity contribution in [3.8, 4) is 5.75 Å². The summed E-state index contributed by atoms with van der Waals surface area (Å²) in [4.78, 5) is 24.8. The van der Waals surface area contributed by atoms with Gasteiger partial charge in [0.1, 0.15) is 5.75 Å². The van der Waals surface area contributed by atoms with E-state index < -0.39 is 11.1 Å². The lowest BCUT2D eigenvalue weighted by Gasteiger charge is -2.01. The molecule has 0 bridgehead atoms. The first kappa shape index (κ1) is 11.7. The number of hydrogen-bond acceptors (Lipinski definition) is 6. The van der Waals surface area contributed by atoms with Gasteiger partial charge in [0.15, 0.2) is 0 Å². The second kappa shape index (κ2) is 5.46. The van der Waals surface area contributed by atoms with E-state index in [4.69, 9.17) is 0 Å². The Morgan fingerprint density at radius 3 is 2.47 bits per heavy atom. The zero-order valence-electron chi connectivity index (χ0n) is 7.18. The minimum atomic E-state index is -0.946. The lowest BCUT2D eigenvalue weighted by molar-refractivity contribution is -0.384. The minimum absolute atomic E-state index is 0.0808. The van der Waals surface area contributed by atoms with E-state index in [-0.39, 0.29) is 11.4 Å². The second-order valence-electron chi connectivity index (χ2n) is 2.28. The van der Waals surface area contributed by atoms with E-state index in [0.29, 0.717) is 0 Å². The van der Waals surface area contributed by atoms with Crippen LogP contribution in [0.15, 0.2) is 24.3 Å². The van der Waals surface area contributed by atoms with Gasteiger partial charge in [0, 0.05) is 12.1 Å². The zero-order chi connectivity index (χ0) is 11.3. The Balaban J connectivity index is 2.64. The maximum atomic E-state index is 10.8. The fourth-order valence-electron chi connectivity index (χ4n) is 0.784. The molecule has 15 heavy (non-hydrogen) atoms. The maximum Gasteiger partial charge on any atom is 0.534 e. The summed E-state index contributed by atoms with van der Waals surface area (Å²) in [5, 5.41) is 10.3. The monoisotopic (exact) mass is 324 g/mol. The number of rotatable bonds is 3. The summed E-state index contributed by atoms with van der Waals surface area (Å²) >= 11 is 1.60. The number of nitrogens with one attached hydrogen (secondary N) is 1. The topological polar surface area (TPSA) is 90.7 Å². The molecular weight excluding hydrogens is 319 g/mol. The van der Waals surface area contributed by atoms with Crippen LogP contribution >= 0.6 is 22.9 Å². The standard InChI is InChI=1S/C7H5IN2O5/c8-9-15-7(11)14-6-3-1-5(2-4-6)10(12)13/h1-4,9H. The van der Waals surface area contributed by atoms with Gasteiger partial charge < -0.3 is 9.57 Å². The van der Waals surface area contributed by atoms with Gasteiger partial charge in [0.05, 0.1) is 27.8 Å². The van der Waals surface area contributed by atoms with E-state index in [9.17, 15) is 14.9 Å². The summed E-state index contributed by atoms with van der Waals surface area (Å²) < 4.78 is 6.74. The van der Waals surface area contributed by atoms with Crippen molar-refractivity contribution in [1.29, 1.82) is 0 Å². The van der Waals surface area contributed by atoms with Crippen molar-refractivity contribution in [3.63, 3.8) is 0 Å². The van der Waals surface area contributed by atoms with Crippen molar-refractivity contribution in [1.82, 2.24) is 3.69 Å². The van der Waals surface area contributed by atoms with Crippen LogP contribution in [0.4, 0.5) is 10.5 Å². The van der Waals surface area contributed by atoms with Crippen LogP contribution in [0.1, 0.15) is 0 Å². The molecule has 0 unspecified atom stereocenters. The molecule has 80 valence electrons. The number of ether oxygens (including phenoxy) is 1. The molecule has 1 N–H and O–H groups in total. The summed E-state index contributed by atoms with van der Waals surface area (Å²) in [5.74, 6) is 0.164. The molecule has 0 radical (unpaired) electrons. The molecule has 0 amide bonds. The van der Waals surface area contributed by atoms with Crippen LogP contribution in [0.2, 0.25) is 0 Å². The lowest BCUT2D eigenvalue weighted by Crippen LogP contribution is -2.14. The molecule has 0 aliphatic carbocycles. The van der Waals surface area contributed by atoms with E-state index in [1.54, 1.807) is 22.9 Å². The molecule has 0 aliphatic rings. The van der Waals surface area contributed by atoms with Crippen molar-refractivity contribution < 1.29 is 19.3 Å². The highest BCUT2D eigenvalue weighted by atomic mass is 127. The summed E-state index contributed by atoms with van der Waals surface area (Å²) in [6, 6.07) is 5.04. The number of nitro groups is 1. The highest BCUT2D eigenvalue weighted by Gasteiger charge is 2.08. The first-order valence-electron chi connectivity index (χ1n) is 3.62. The lowest BCUT2D eigenvalue weighted by atomic mass is 10.3. The van der Waals surface area contributed by atoms with E-state index in [2.05, 4.69) is 13.3 Å².